The zero-order chi connectivity index (χ0) is 15.1. The lowest BCUT2D eigenvalue weighted by molar-refractivity contribution is 0.413. The molecule has 114 valence electrons. The fourth-order valence-electron chi connectivity index (χ4n) is 2.91. The van der Waals surface area contributed by atoms with Crippen molar-refractivity contribution >= 4 is 11.5 Å². The number of anilines is 2. The highest BCUT2D eigenvalue weighted by atomic mass is 19.1. The van der Waals surface area contributed by atoms with Crippen LogP contribution < -0.4 is 15.0 Å². The number of nitrogens with one attached hydrogen (secondary N) is 1. The third-order valence-corrected chi connectivity index (χ3v) is 4.30. The highest BCUT2D eigenvalue weighted by Gasteiger charge is 2.28. The molecule has 4 rings (SSSR count). The first-order chi connectivity index (χ1) is 10.7. The van der Waals surface area contributed by atoms with Gasteiger partial charge in [0.1, 0.15) is 11.6 Å². The summed E-state index contributed by atoms with van der Waals surface area (Å²) in [5, 5.41) is 3.32. The molecule has 0 atom stereocenters. The number of ether oxygens (including phenoxy) is 1. The molecule has 0 bridgehead atoms. The number of hydrogen-bond acceptors (Lipinski definition) is 4. The highest BCUT2D eigenvalue weighted by molar-refractivity contribution is 5.79. The summed E-state index contributed by atoms with van der Waals surface area (Å²) >= 11 is 0. The van der Waals surface area contributed by atoms with Crippen molar-refractivity contribution in [2.45, 2.75) is 12.8 Å². The first-order valence-corrected chi connectivity index (χ1v) is 7.57. The van der Waals surface area contributed by atoms with Gasteiger partial charge in [-0.2, -0.15) is 0 Å². The number of halogens is 1. The van der Waals surface area contributed by atoms with E-state index in [0.29, 0.717) is 5.75 Å². The Kier molecular flexibility index (Phi) is 3.13. The second-order valence-electron chi connectivity index (χ2n) is 5.94. The second kappa shape index (κ2) is 5.16. The molecule has 0 spiro atoms. The van der Waals surface area contributed by atoms with Gasteiger partial charge in [-0.25, -0.2) is 9.37 Å². The van der Waals surface area contributed by atoms with Gasteiger partial charge in [0.05, 0.1) is 19.5 Å². The second-order valence-corrected chi connectivity index (χ2v) is 5.94. The van der Waals surface area contributed by atoms with Crippen LogP contribution in [0, 0.1) is 11.7 Å². The van der Waals surface area contributed by atoms with E-state index in [1.54, 1.807) is 13.2 Å². The summed E-state index contributed by atoms with van der Waals surface area (Å²) < 4.78 is 18.7. The van der Waals surface area contributed by atoms with Crippen LogP contribution in [0.5, 0.6) is 5.75 Å². The van der Waals surface area contributed by atoms with Crippen molar-refractivity contribution in [3.8, 4) is 16.9 Å². The molecular formula is C17H18FN3O. The van der Waals surface area contributed by atoms with Gasteiger partial charge in [0, 0.05) is 29.9 Å². The summed E-state index contributed by atoms with van der Waals surface area (Å²) in [7, 11) is 1.56. The van der Waals surface area contributed by atoms with E-state index in [9.17, 15) is 4.39 Å². The van der Waals surface area contributed by atoms with Crippen LogP contribution in [-0.4, -0.2) is 25.3 Å². The van der Waals surface area contributed by atoms with E-state index < -0.39 is 0 Å². The first kappa shape index (κ1) is 13.4. The maximum absolute atomic E-state index is 13.4. The standard InChI is InChI=1S/C17H18FN3O/c1-22-16-7-13(18)4-5-14(16)12-6-15-17(19-8-12)20-10-21(15)9-11-2-3-11/h4-8,11H,2-3,9-10H2,1H3,(H,19,20). The van der Waals surface area contributed by atoms with Crippen LogP contribution in [0.3, 0.4) is 0 Å². The van der Waals surface area contributed by atoms with Gasteiger partial charge >= 0.3 is 0 Å². The Balaban J connectivity index is 1.71. The molecule has 0 radical (unpaired) electrons. The monoisotopic (exact) mass is 299 g/mol. The molecule has 1 aromatic heterocycles. The molecule has 1 saturated carbocycles. The number of rotatable bonds is 4. The Morgan fingerprint density at radius 2 is 2.23 bits per heavy atom. The zero-order valence-electron chi connectivity index (χ0n) is 12.5. The number of hydrogen-bond donors (Lipinski definition) is 1. The van der Waals surface area contributed by atoms with E-state index in [1.807, 2.05) is 6.20 Å². The fourth-order valence-corrected chi connectivity index (χ4v) is 2.91. The Bertz CT molecular complexity index is 715. The summed E-state index contributed by atoms with van der Waals surface area (Å²) in [6.45, 7) is 1.88. The number of benzene rings is 1. The SMILES string of the molecule is COc1cc(F)ccc1-c1cnc2c(c1)N(CC1CC1)CN2. The van der Waals surface area contributed by atoms with E-state index in [-0.39, 0.29) is 5.82 Å². The average Bonchev–Trinajstić information content (AvgIpc) is 3.27. The third kappa shape index (κ3) is 2.36. The molecule has 4 nitrogen and oxygen atoms in total. The van der Waals surface area contributed by atoms with Crippen LogP contribution in [0.25, 0.3) is 11.1 Å². The maximum atomic E-state index is 13.4. The summed E-state index contributed by atoms with van der Waals surface area (Å²) in [6.07, 6.45) is 4.46. The van der Waals surface area contributed by atoms with Crippen molar-refractivity contribution in [3.63, 3.8) is 0 Å². The van der Waals surface area contributed by atoms with Crippen molar-refractivity contribution < 1.29 is 9.13 Å². The Morgan fingerprint density at radius 3 is 3.00 bits per heavy atom. The van der Waals surface area contributed by atoms with Gasteiger partial charge in [0.25, 0.3) is 0 Å². The minimum absolute atomic E-state index is 0.299. The summed E-state index contributed by atoms with van der Waals surface area (Å²) in [5.74, 6) is 1.97. The van der Waals surface area contributed by atoms with Crippen LogP contribution in [0.2, 0.25) is 0 Å². The van der Waals surface area contributed by atoms with Gasteiger partial charge in [-0.3, -0.25) is 0 Å². The number of pyridine rings is 1. The zero-order valence-corrected chi connectivity index (χ0v) is 12.5. The van der Waals surface area contributed by atoms with Gasteiger partial charge in [-0.1, -0.05) is 0 Å². The number of aromatic nitrogens is 1. The Morgan fingerprint density at radius 1 is 1.36 bits per heavy atom. The highest BCUT2D eigenvalue weighted by Crippen LogP contribution is 2.39. The molecule has 1 N–H and O–H groups in total. The van der Waals surface area contributed by atoms with Crippen LogP contribution in [0.15, 0.2) is 30.5 Å². The minimum atomic E-state index is -0.299. The molecule has 1 aliphatic heterocycles. The minimum Gasteiger partial charge on any atom is -0.496 e. The molecule has 1 aromatic carbocycles. The lowest BCUT2D eigenvalue weighted by atomic mass is 10.1. The van der Waals surface area contributed by atoms with E-state index in [2.05, 4.69) is 21.3 Å². The predicted molar refractivity (Wildman–Crippen MR) is 84.7 cm³/mol. The topological polar surface area (TPSA) is 37.4 Å². The van der Waals surface area contributed by atoms with Crippen molar-refractivity contribution in [2.24, 2.45) is 5.92 Å². The third-order valence-electron chi connectivity index (χ3n) is 4.30. The van der Waals surface area contributed by atoms with Crippen molar-refractivity contribution in [1.82, 2.24) is 4.98 Å². The molecule has 2 heterocycles. The van der Waals surface area contributed by atoms with Gasteiger partial charge in [-0.15, -0.1) is 0 Å². The first-order valence-electron chi connectivity index (χ1n) is 7.57. The molecular weight excluding hydrogens is 281 g/mol. The largest absolute Gasteiger partial charge is 0.496 e. The van der Waals surface area contributed by atoms with Crippen molar-refractivity contribution in [3.05, 3.63) is 36.3 Å². The Hall–Kier alpha value is -2.30. The van der Waals surface area contributed by atoms with Crippen LogP contribution in [0.1, 0.15) is 12.8 Å². The molecule has 2 aromatic rings. The molecule has 0 amide bonds. The molecule has 2 aliphatic rings. The normalized spacial score (nSPS) is 16.4. The summed E-state index contributed by atoms with van der Waals surface area (Å²) in [5.41, 5.74) is 2.92. The Labute approximate surface area is 128 Å². The lowest BCUT2D eigenvalue weighted by Gasteiger charge is -2.18. The average molecular weight is 299 g/mol. The maximum Gasteiger partial charge on any atom is 0.151 e. The van der Waals surface area contributed by atoms with Gasteiger partial charge in [0.2, 0.25) is 0 Å². The van der Waals surface area contributed by atoms with E-state index in [1.165, 1.54) is 25.0 Å². The van der Waals surface area contributed by atoms with Gasteiger partial charge in [0.15, 0.2) is 5.82 Å². The van der Waals surface area contributed by atoms with Crippen LogP contribution in [0.4, 0.5) is 15.9 Å². The van der Waals surface area contributed by atoms with Gasteiger partial charge < -0.3 is 15.0 Å². The molecule has 1 fully saturated rings. The number of nitrogens with zero attached hydrogens (tertiary/aromatic N) is 2. The van der Waals surface area contributed by atoms with Gasteiger partial charge in [-0.05, 0) is 37.0 Å². The fraction of sp³-hybridized carbons (Fsp3) is 0.353. The predicted octanol–water partition coefficient (Wildman–Crippen LogP) is 3.50. The van der Waals surface area contributed by atoms with E-state index in [4.69, 9.17) is 4.74 Å². The molecule has 0 unspecified atom stereocenters. The van der Waals surface area contributed by atoms with Crippen LogP contribution >= 0.6 is 0 Å². The smallest absolute Gasteiger partial charge is 0.151 e. The molecule has 1 aliphatic carbocycles. The number of fused-ring (bicyclic) bond motifs is 1. The molecule has 0 saturated heterocycles. The lowest BCUT2D eigenvalue weighted by Crippen LogP contribution is -2.25. The van der Waals surface area contributed by atoms with Crippen molar-refractivity contribution in [1.29, 1.82) is 0 Å². The van der Waals surface area contributed by atoms with Crippen molar-refractivity contribution in [2.75, 3.05) is 30.5 Å². The quantitative estimate of drug-likeness (QED) is 0.937. The van der Waals surface area contributed by atoms with E-state index in [0.717, 1.165) is 41.8 Å². The molecule has 22 heavy (non-hydrogen) atoms. The van der Waals surface area contributed by atoms with E-state index >= 15 is 0 Å². The van der Waals surface area contributed by atoms with Crippen LogP contribution in [-0.2, 0) is 0 Å². The summed E-state index contributed by atoms with van der Waals surface area (Å²) in [4.78, 5) is 6.84. The molecule has 5 heteroatoms. The number of methoxy groups -OCH3 is 1. The summed E-state index contributed by atoms with van der Waals surface area (Å²) in [6, 6.07) is 6.71.